The van der Waals surface area contributed by atoms with Crippen molar-refractivity contribution in [2.75, 3.05) is 0 Å². The molecule has 0 radical (unpaired) electrons. The topological polar surface area (TPSA) is 26.3 Å². The molecule has 0 unspecified atom stereocenters. The zero-order valence-corrected chi connectivity index (χ0v) is 18.4. The monoisotopic (exact) mass is 448 g/mol. The smallest absolute Gasteiger partial charge is 0.426 e. The van der Waals surface area contributed by atoms with Crippen LogP contribution in [0.4, 0.5) is 13.2 Å². The second kappa shape index (κ2) is 7.70. The summed E-state index contributed by atoms with van der Waals surface area (Å²) < 4.78 is 44.6. The van der Waals surface area contributed by atoms with Crippen LogP contribution < -0.4 is 0 Å². The van der Waals surface area contributed by atoms with Crippen LogP contribution in [-0.4, -0.2) is 12.1 Å². The number of fused-ring (bicyclic) bond motifs is 3. The van der Waals surface area contributed by atoms with Gasteiger partial charge in [-0.25, -0.2) is 0 Å². The number of rotatable bonds is 4. The van der Waals surface area contributed by atoms with Gasteiger partial charge in [0, 0.05) is 5.92 Å². The molecule has 0 aliphatic heterocycles. The van der Waals surface area contributed by atoms with Gasteiger partial charge in [-0.2, -0.15) is 13.2 Å². The minimum absolute atomic E-state index is 0.00480. The summed E-state index contributed by atoms with van der Waals surface area (Å²) in [6, 6.07) is 14.2. The van der Waals surface area contributed by atoms with E-state index in [0.29, 0.717) is 0 Å². The highest BCUT2D eigenvalue weighted by Crippen LogP contribution is 2.63. The van der Waals surface area contributed by atoms with Gasteiger partial charge in [-0.1, -0.05) is 67.9 Å². The molecule has 1 saturated carbocycles. The first-order chi connectivity index (χ1) is 14.5. The maximum atomic E-state index is 13.0. The first kappa shape index (κ1) is 21.9. The molecular weight excluding hydrogens is 425 g/mol. The Hall–Kier alpha value is -2.27. The van der Waals surface area contributed by atoms with Crippen LogP contribution in [0.15, 0.2) is 53.1 Å². The minimum atomic E-state index is -4.61. The molecule has 6 heteroatoms. The van der Waals surface area contributed by atoms with E-state index in [9.17, 15) is 18.0 Å². The van der Waals surface area contributed by atoms with Gasteiger partial charge >= 0.3 is 12.1 Å². The zero-order chi connectivity index (χ0) is 22.6. The number of carbonyl (C=O) groups excluding carboxylic acids is 1. The Bertz CT molecular complexity index is 1070. The van der Waals surface area contributed by atoms with Crippen LogP contribution in [-0.2, 0) is 29.0 Å². The summed E-state index contributed by atoms with van der Waals surface area (Å²) in [4.78, 5) is 12.8. The Morgan fingerprint density at radius 2 is 1.74 bits per heavy atom. The Morgan fingerprint density at radius 1 is 1.06 bits per heavy atom. The lowest BCUT2D eigenvalue weighted by Gasteiger charge is -2.22. The summed E-state index contributed by atoms with van der Waals surface area (Å²) in [5.74, 6) is -1.69. The second-order valence-electron chi connectivity index (χ2n) is 8.98. The lowest BCUT2D eigenvalue weighted by Crippen LogP contribution is -2.14. The van der Waals surface area contributed by atoms with Crippen molar-refractivity contribution in [1.29, 1.82) is 0 Å². The van der Waals surface area contributed by atoms with Crippen LogP contribution >= 0.6 is 11.6 Å². The molecule has 0 saturated heterocycles. The van der Waals surface area contributed by atoms with Crippen molar-refractivity contribution < 1.29 is 22.7 Å². The molecule has 0 spiro atoms. The van der Waals surface area contributed by atoms with Gasteiger partial charge in [0.1, 0.15) is 11.6 Å². The maximum Gasteiger partial charge on any atom is 0.426 e. The highest BCUT2D eigenvalue weighted by atomic mass is 35.5. The zero-order valence-electron chi connectivity index (χ0n) is 17.6. The summed E-state index contributed by atoms with van der Waals surface area (Å²) in [5, 5.41) is -1.14. The number of ether oxygens (including phenoxy) is 1. The van der Waals surface area contributed by atoms with E-state index in [1.54, 1.807) is 13.8 Å². The fourth-order valence-corrected chi connectivity index (χ4v) is 5.18. The predicted octanol–water partition coefficient (Wildman–Crippen LogP) is 6.84. The predicted molar refractivity (Wildman–Crippen MR) is 114 cm³/mol. The quantitative estimate of drug-likeness (QED) is 0.478. The number of carbonyl (C=O) groups is 1. The van der Waals surface area contributed by atoms with Gasteiger partial charge in [-0.05, 0) is 58.6 Å². The van der Waals surface area contributed by atoms with Crippen LogP contribution in [0.5, 0.6) is 0 Å². The van der Waals surface area contributed by atoms with Crippen molar-refractivity contribution >= 4 is 17.6 Å². The molecule has 164 valence electrons. The standard InChI is InChI=1S/C25H24ClF3O2/c1-14(22(26)25(27,28)29)20-21(24(20,2)3)23(30)31-13-16-8-6-10-19-17-9-5-4-7-15(17)11-12-18(16)19/h4-10,20-21H,11-13H2,1-3H3/t20-,21-/m0/s1. The molecule has 0 N–H and O–H groups in total. The SMILES string of the molecule is CC(=C(Cl)C(F)(F)F)[C@H]1[C@@H](C(=O)OCc2cccc3c2CCc2ccccc2-3)C1(C)C. The molecule has 0 bridgehead atoms. The van der Waals surface area contributed by atoms with E-state index in [-0.39, 0.29) is 12.2 Å². The minimum Gasteiger partial charge on any atom is -0.461 e. The average Bonchev–Trinajstić information content (AvgIpc) is 3.31. The molecule has 2 atom stereocenters. The van der Waals surface area contributed by atoms with Gasteiger partial charge in [0.05, 0.1) is 5.92 Å². The number of aryl methyl sites for hydroxylation is 1. The molecule has 0 amide bonds. The van der Waals surface area contributed by atoms with Gasteiger partial charge < -0.3 is 4.74 Å². The van der Waals surface area contributed by atoms with Gasteiger partial charge in [-0.15, -0.1) is 0 Å². The third kappa shape index (κ3) is 3.89. The molecule has 31 heavy (non-hydrogen) atoms. The van der Waals surface area contributed by atoms with Gasteiger partial charge in [0.15, 0.2) is 0 Å². The molecule has 0 aromatic heterocycles. The van der Waals surface area contributed by atoms with E-state index in [2.05, 4.69) is 18.2 Å². The molecule has 2 aromatic rings. The van der Waals surface area contributed by atoms with E-state index >= 15 is 0 Å². The fourth-order valence-electron chi connectivity index (χ4n) is 5.06. The van der Waals surface area contributed by atoms with E-state index < -0.39 is 34.4 Å². The average molecular weight is 449 g/mol. The van der Waals surface area contributed by atoms with Crippen molar-refractivity contribution in [2.45, 2.75) is 46.4 Å². The van der Waals surface area contributed by atoms with E-state index in [0.717, 1.165) is 29.5 Å². The normalized spacial score (nSPS) is 22.2. The van der Waals surface area contributed by atoms with Crippen LogP contribution in [0.25, 0.3) is 11.1 Å². The van der Waals surface area contributed by atoms with Crippen LogP contribution in [0.3, 0.4) is 0 Å². The highest BCUT2D eigenvalue weighted by molar-refractivity contribution is 6.30. The number of hydrogen-bond donors (Lipinski definition) is 0. The lowest BCUT2D eigenvalue weighted by atomic mass is 9.83. The molecule has 2 aromatic carbocycles. The summed E-state index contributed by atoms with van der Waals surface area (Å²) in [6.07, 6.45) is -2.83. The van der Waals surface area contributed by atoms with Crippen molar-refractivity contribution in [3.63, 3.8) is 0 Å². The molecular formula is C25H24ClF3O2. The number of alkyl halides is 3. The molecule has 4 rings (SSSR count). The van der Waals surface area contributed by atoms with Crippen molar-refractivity contribution in [3.05, 3.63) is 69.8 Å². The van der Waals surface area contributed by atoms with Crippen LogP contribution in [0, 0.1) is 17.3 Å². The molecule has 2 nitrogen and oxygen atoms in total. The number of esters is 1. The number of allylic oxidation sites excluding steroid dienone is 2. The Kier molecular flexibility index (Phi) is 5.45. The van der Waals surface area contributed by atoms with E-state index in [1.807, 2.05) is 24.3 Å². The Balaban J connectivity index is 1.51. The second-order valence-corrected chi connectivity index (χ2v) is 9.36. The number of benzene rings is 2. The fraction of sp³-hybridized carbons (Fsp3) is 0.400. The first-order valence-corrected chi connectivity index (χ1v) is 10.7. The molecule has 2 aliphatic rings. The third-order valence-corrected chi connectivity index (χ3v) is 7.25. The Morgan fingerprint density at radius 3 is 2.45 bits per heavy atom. The number of halogens is 4. The maximum absolute atomic E-state index is 13.0. The number of hydrogen-bond acceptors (Lipinski definition) is 2. The summed E-state index contributed by atoms with van der Waals surface area (Å²) in [6.45, 7) is 5.00. The van der Waals surface area contributed by atoms with Gasteiger partial charge in [-0.3, -0.25) is 4.79 Å². The van der Waals surface area contributed by atoms with Crippen molar-refractivity contribution in [2.24, 2.45) is 17.3 Å². The summed E-state index contributed by atoms with van der Waals surface area (Å²) in [7, 11) is 0. The third-order valence-electron chi connectivity index (χ3n) is 6.74. The van der Waals surface area contributed by atoms with E-state index in [4.69, 9.17) is 16.3 Å². The van der Waals surface area contributed by atoms with E-state index in [1.165, 1.54) is 18.1 Å². The van der Waals surface area contributed by atoms with Crippen LogP contribution in [0.1, 0.15) is 37.5 Å². The summed E-state index contributed by atoms with van der Waals surface area (Å²) in [5.41, 5.74) is 5.12. The highest BCUT2D eigenvalue weighted by Gasteiger charge is 2.64. The molecule has 1 fully saturated rings. The molecule has 2 aliphatic carbocycles. The van der Waals surface area contributed by atoms with Crippen LogP contribution in [0.2, 0.25) is 0 Å². The Labute approximate surface area is 185 Å². The molecule has 0 heterocycles. The van der Waals surface area contributed by atoms with Crippen molar-refractivity contribution in [3.8, 4) is 11.1 Å². The van der Waals surface area contributed by atoms with Gasteiger partial charge in [0.2, 0.25) is 0 Å². The van der Waals surface area contributed by atoms with Gasteiger partial charge in [0.25, 0.3) is 0 Å². The summed E-state index contributed by atoms with van der Waals surface area (Å²) >= 11 is 5.54. The van der Waals surface area contributed by atoms with Crippen molar-refractivity contribution in [1.82, 2.24) is 0 Å². The first-order valence-electron chi connectivity index (χ1n) is 10.3. The largest absolute Gasteiger partial charge is 0.461 e. The lowest BCUT2D eigenvalue weighted by molar-refractivity contribution is -0.147.